The smallest absolute Gasteiger partial charge is 0.125 e. The lowest BCUT2D eigenvalue weighted by Crippen LogP contribution is -2.02. The molecule has 0 aliphatic heterocycles. The molecule has 0 fully saturated rings. The number of anilines is 1. The number of hydrogen-bond donors (Lipinski definition) is 1. The van der Waals surface area contributed by atoms with Crippen molar-refractivity contribution < 1.29 is 0 Å². The van der Waals surface area contributed by atoms with Gasteiger partial charge in [-0.1, -0.05) is 51.5 Å². The Balaban J connectivity index is 1.89. The highest BCUT2D eigenvalue weighted by Crippen LogP contribution is 2.07. The van der Waals surface area contributed by atoms with Gasteiger partial charge < -0.3 is 5.32 Å². The first-order valence-corrected chi connectivity index (χ1v) is 6.58. The summed E-state index contributed by atoms with van der Waals surface area (Å²) in [6.45, 7) is 3.31. The van der Waals surface area contributed by atoms with Crippen molar-refractivity contribution in [3.8, 4) is 0 Å². The number of unbranched alkanes of at least 4 members (excludes halogenated alkanes) is 6. The van der Waals surface area contributed by atoms with E-state index >= 15 is 0 Å². The van der Waals surface area contributed by atoms with E-state index in [0.29, 0.717) is 0 Å². The topological polar surface area (TPSA) is 24.9 Å². The average Bonchev–Trinajstić information content (AvgIpc) is 2.34. The lowest BCUT2D eigenvalue weighted by molar-refractivity contribution is 0.596. The van der Waals surface area contributed by atoms with Crippen LogP contribution in [0.2, 0.25) is 0 Å². The largest absolute Gasteiger partial charge is 0.370 e. The maximum atomic E-state index is 4.23. The van der Waals surface area contributed by atoms with Crippen molar-refractivity contribution in [3.63, 3.8) is 0 Å². The van der Waals surface area contributed by atoms with Crippen molar-refractivity contribution in [1.29, 1.82) is 0 Å². The minimum Gasteiger partial charge on any atom is -0.370 e. The molecule has 2 heteroatoms. The fourth-order valence-electron chi connectivity index (χ4n) is 1.77. The van der Waals surface area contributed by atoms with E-state index in [1.807, 2.05) is 24.4 Å². The molecular weight excluding hydrogens is 196 g/mol. The summed E-state index contributed by atoms with van der Waals surface area (Å²) in [7, 11) is 0. The Morgan fingerprint density at radius 3 is 2.44 bits per heavy atom. The average molecular weight is 220 g/mol. The highest BCUT2D eigenvalue weighted by atomic mass is 15.0. The van der Waals surface area contributed by atoms with Gasteiger partial charge in [0.05, 0.1) is 0 Å². The van der Waals surface area contributed by atoms with Gasteiger partial charge in [-0.2, -0.15) is 0 Å². The van der Waals surface area contributed by atoms with Gasteiger partial charge in [-0.05, 0) is 18.6 Å². The lowest BCUT2D eigenvalue weighted by Gasteiger charge is -2.04. The third-order valence-corrected chi connectivity index (χ3v) is 2.75. The molecule has 0 saturated heterocycles. The fourth-order valence-corrected chi connectivity index (χ4v) is 1.77. The van der Waals surface area contributed by atoms with E-state index in [2.05, 4.69) is 17.2 Å². The van der Waals surface area contributed by atoms with Crippen LogP contribution in [0.1, 0.15) is 51.9 Å². The first-order chi connectivity index (χ1) is 7.93. The standard InChI is InChI=1S/C14H24N2/c1-2-3-4-5-6-7-9-12-15-14-11-8-10-13-16-14/h8,10-11,13H,2-7,9,12H2,1H3,(H,15,16). The van der Waals surface area contributed by atoms with E-state index in [4.69, 9.17) is 0 Å². The summed E-state index contributed by atoms with van der Waals surface area (Å²) in [5.74, 6) is 0.994. The number of nitrogens with zero attached hydrogens (tertiary/aromatic N) is 1. The monoisotopic (exact) mass is 220 g/mol. The van der Waals surface area contributed by atoms with E-state index in [9.17, 15) is 0 Å². The molecule has 0 unspecified atom stereocenters. The molecule has 0 bridgehead atoms. The Bertz CT molecular complexity index is 246. The summed E-state index contributed by atoms with van der Waals surface area (Å²) >= 11 is 0. The molecule has 0 aliphatic carbocycles. The maximum absolute atomic E-state index is 4.23. The highest BCUT2D eigenvalue weighted by Gasteiger charge is 1.92. The Morgan fingerprint density at radius 2 is 1.75 bits per heavy atom. The van der Waals surface area contributed by atoms with Crippen LogP contribution in [0.5, 0.6) is 0 Å². The molecule has 1 aromatic heterocycles. The zero-order valence-electron chi connectivity index (χ0n) is 10.4. The van der Waals surface area contributed by atoms with Crippen LogP contribution in [-0.2, 0) is 0 Å². The third-order valence-electron chi connectivity index (χ3n) is 2.75. The van der Waals surface area contributed by atoms with Crippen molar-refractivity contribution in [3.05, 3.63) is 24.4 Å². The molecule has 1 N–H and O–H groups in total. The Hall–Kier alpha value is -1.05. The number of aromatic nitrogens is 1. The molecule has 0 aliphatic rings. The molecular formula is C14H24N2. The summed E-state index contributed by atoms with van der Waals surface area (Å²) < 4.78 is 0. The summed E-state index contributed by atoms with van der Waals surface area (Å²) in [4.78, 5) is 4.23. The predicted molar refractivity (Wildman–Crippen MR) is 70.7 cm³/mol. The van der Waals surface area contributed by atoms with E-state index in [-0.39, 0.29) is 0 Å². The molecule has 1 aromatic rings. The summed E-state index contributed by atoms with van der Waals surface area (Å²) in [6.07, 6.45) is 11.3. The van der Waals surface area contributed by atoms with Crippen LogP contribution in [0.25, 0.3) is 0 Å². The summed E-state index contributed by atoms with van der Waals surface area (Å²) in [5.41, 5.74) is 0. The van der Waals surface area contributed by atoms with Gasteiger partial charge >= 0.3 is 0 Å². The second-order valence-electron chi connectivity index (χ2n) is 4.26. The van der Waals surface area contributed by atoms with Gasteiger partial charge in [0.2, 0.25) is 0 Å². The highest BCUT2D eigenvalue weighted by molar-refractivity contribution is 5.32. The maximum Gasteiger partial charge on any atom is 0.125 e. The predicted octanol–water partition coefficient (Wildman–Crippen LogP) is 4.24. The first kappa shape index (κ1) is 13.0. The van der Waals surface area contributed by atoms with Crippen LogP contribution in [0.4, 0.5) is 5.82 Å². The molecule has 1 rings (SSSR count). The van der Waals surface area contributed by atoms with Crippen molar-refractivity contribution in [2.45, 2.75) is 51.9 Å². The van der Waals surface area contributed by atoms with E-state index in [1.54, 1.807) is 0 Å². The van der Waals surface area contributed by atoms with Crippen LogP contribution in [0.15, 0.2) is 24.4 Å². The molecule has 90 valence electrons. The van der Waals surface area contributed by atoms with Crippen molar-refractivity contribution in [1.82, 2.24) is 4.98 Å². The minimum atomic E-state index is 0.994. The number of rotatable bonds is 9. The molecule has 0 spiro atoms. The first-order valence-electron chi connectivity index (χ1n) is 6.58. The quantitative estimate of drug-likeness (QED) is 0.629. The zero-order valence-corrected chi connectivity index (χ0v) is 10.4. The zero-order chi connectivity index (χ0) is 11.5. The Morgan fingerprint density at radius 1 is 1.00 bits per heavy atom. The second kappa shape index (κ2) is 9.20. The van der Waals surface area contributed by atoms with Crippen LogP contribution in [0, 0.1) is 0 Å². The van der Waals surface area contributed by atoms with E-state index < -0.39 is 0 Å². The van der Waals surface area contributed by atoms with Gasteiger partial charge in [0.15, 0.2) is 0 Å². The van der Waals surface area contributed by atoms with Gasteiger partial charge in [-0.3, -0.25) is 0 Å². The van der Waals surface area contributed by atoms with Gasteiger partial charge in [0.25, 0.3) is 0 Å². The third kappa shape index (κ3) is 6.44. The fraction of sp³-hybridized carbons (Fsp3) is 0.643. The molecule has 0 atom stereocenters. The molecule has 16 heavy (non-hydrogen) atoms. The van der Waals surface area contributed by atoms with E-state index in [0.717, 1.165) is 12.4 Å². The Labute approximate surface area is 99.5 Å². The SMILES string of the molecule is CCCCCCCCCNc1ccccn1. The van der Waals surface area contributed by atoms with E-state index in [1.165, 1.54) is 44.9 Å². The van der Waals surface area contributed by atoms with Crippen LogP contribution in [-0.4, -0.2) is 11.5 Å². The van der Waals surface area contributed by atoms with Crippen molar-refractivity contribution in [2.75, 3.05) is 11.9 Å². The second-order valence-corrected chi connectivity index (χ2v) is 4.26. The molecule has 0 radical (unpaired) electrons. The Kier molecular flexibility index (Phi) is 7.48. The summed E-state index contributed by atoms with van der Waals surface area (Å²) in [6, 6.07) is 5.97. The van der Waals surface area contributed by atoms with Crippen LogP contribution in [0.3, 0.4) is 0 Å². The normalized spacial score (nSPS) is 10.3. The number of hydrogen-bond acceptors (Lipinski definition) is 2. The minimum absolute atomic E-state index is 0.994. The van der Waals surface area contributed by atoms with Gasteiger partial charge in [0, 0.05) is 12.7 Å². The molecule has 0 amide bonds. The molecule has 0 saturated carbocycles. The summed E-state index contributed by atoms with van der Waals surface area (Å²) in [5, 5.41) is 3.34. The lowest BCUT2D eigenvalue weighted by atomic mass is 10.1. The molecule has 2 nitrogen and oxygen atoms in total. The number of nitrogens with one attached hydrogen (secondary N) is 1. The van der Waals surface area contributed by atoms with Crippen LogP contribution >= 0.6 is 0 Å². The van der Waals surface area contributed by atoms with Crippen molar-refractivity contribution >= 4 is 5.82 Å². The van der Waals surface area contributed by atoms with Gasteiger partial charge in [0.1, 0.15) is 5.82 Å². The van der Waals surface area contributed by atoms with Gasteiger partial charge in [-0.15, -0.1) is 0 Å². The van der Waals surface area contributed by atoms with Crippen LogP contribution < -0.4 is 5.32 Å². The molecule has 0 aromatic carbocycles. The van der Waals surface area contributed by atoms with Crippen molar-refractivity contribution in [2.24, 2.45) is 0 Å². The number of pyridine rings is 1. The van der Waals surface area contributed by atoms with Gasteiger partial charge in [-0.25, -0.2) is 4.98 Å². The molecule has 1 heterocycles.